The summed E-state index contributed by atoms with van der Waals surface area (Å²) in [5.41, 5.74) is 2.22. The van der Waals surface area contributed by atoms with Crippen molar-refractivity contribution in [2.75, 3.05) is 0 Å². The molecule has 0 unspecified atom stereocenters. The summed E-state index contributed by atoms with van der Waals surface area (Å²) in [6.45, 7) is -0.678. The van der Waals surface area contributed by atoms with E-state index in [-0.39, 0.29) is 0 Å². The van der Waals surface area contributed by atoms with E-state index in [0.717, 1.165) is 0 Å². The van der Waals surface area contributed by atoms with Crippen LogP contribution in [0.4, 0.5) is 26.3 Å². The van der Waals surface area contributed by atoms with Crippen molar-refractivity contribution < 1.29 is 31.1 Å². The number of nitriles is 1. The smallest absolute Gasteiger partial charge is 0.404 e. The molecule has 110 valence electrons. The molecular weight excluding hydrogens is 292 g/mol. The van der Waals surface area contributed by atoms with E-state index in [1.165, 1.54) is 6.07 Å². The molecule has 0 amide bonds. The number of hydrogen-bond acceptors (Lipinski definition) is 4. The lowest BCUT2D eigenvalue weighted by atomic mass is 10.1. The lowest BCUT2D eigenvalue weighted by molar-refractivity contribution is -0.275. The van der Waals surface area contributed by atoms with Crippen LogP contribution in [0.5, 0.6) is 5.75 Å². The van der Waals surface area contributed by atoms with Crippen molar-refractivity contribution in [1.29, 1.82) is 5.26 Å². The Balaban J connectivity index is 3.42. The first-order chi connectivity index (χ1) is 9.08. The summed E-state index contributed by atoms with van der Waals surface area (Å²) in [6, 6.07) is 1.91. The normalized spacial score (nSPS) is 12.1. The number of rotatable bonds is 3. The molecule has 10 heteroatoms. The minimum Gasteiger partial charge on any atom is -0.404 e. The second kappa shape index (κ2) is 5.54. The van der Waals surface area contributed by atoms with Gasteiger partial charge in [0.15, 0.2) is 5.75 Å². The van der Waals surface area contributed by atoms with Gasteiger partial charge in [0.2, 0.25) is 0 Å². The second-order valence-corrected chi connectivity index (χ2v) is 3.53. The fourth-order valence-electron chi connectivity index (χ4n) is 1.39. The summed E-state index contributed by atoms with van der Waals surface area (Å²) in [6.07, 6.45) is -10.8. The average molecular weight is 299 g/mol. The number of ether oxygens (including phenoxy) is 1. The van der Waals surface area contributed by atoms with Crippen LogP contribution in [-0.4, -0.2) is 11.3 Å². The molecule has 0 aliphatic rings. The molecule has 0 fully saturated rings. The van der Waals surface area contributed by atoms with Crippen LogP contribution in [0.1, 0.15) is 17.0 Å². The lowest BCUT2D eigenvalue weighted by Crippen LogP contribution is -2.21. The Morgan fingerprint density at radius 3 is 2.25 bits per heavy atom. The Kier molecular flexibility index (Phi) is 4.44. The zero-order valence-electron chi connectivity index (χ0n) is 9.64. The Hall–Kier alpha value is -2.02. The standard InChI is InChI=1S/C10H7F6N3O/c11-9(12,13)8-5(4-18)3-7(20-10(14,15)16)6(19-8)1-2-17/h3H,1,4,18H2. The van der Waals surface area contributed by atoms with Gasteiger partial charge in [0.1, 0.15) is 5.69 Å². The molecule has 0 aliphatic heterocycles. The first-order valence-corrected chi connectivity index (χ1v) is 5.01. The van der Waals surface area contributed by atoms with E-state index in [2.05, 4.69) is 9.72 Å². The third-order valence-corrected chi connectivity index (χ3v) is 2.10. The quantitative estimate of drug-likeness (QED) is 0.870. The topological polar surface area (TPSA) is 71.9 Å². The van der Waals surface area contributed by atoms with Crippen LogP contribution in [0.2, 0.25) is 0 Å². The maximum atomic E-state index is 12.7. The zero-order valence-corrected chi connectivity index (χ0v) is 9.64. The van der Waals surface area contributed by atoms with Crippen molar-refractivity contribution in [1.82, 2.24) is 4.98 Å². The Morgan fingerprint density at radius 1 is 1.25 bits per heavy atom. The van der Waals surface area contributed by atoms with Gasteiger partial charge in [0, 0.05) is 12.1 Å². The van der Waals surface area contributed by atoms with E-state index < -0.39 is 48.2 Å². The van der Waals surface area contributed by atoms with Gasteiger partial charge in [0.25, 0.3) is 0 Å². The van der Waals surface area contributed by atoms with E-state index >= 15 is 0 Å². The van der Waals surface area contributed by atoms with E-state index in [1.807, 2.05) is 0 Å². The Morgan fingerprint density at radius 2 is 1.85 bits per heavy atom. The molecule has 1 aromatic heterocycles. The molecule has 0 bridgehead atoms. The van der Waals surface area contributed by atoms with Crippen LogP contribution in [0, 0.1) is 11.3 Å². The van der Waals surface area contributed by atoms with Crippen molar-refractivity contribution in [3.63, 3.8) is 0 Å². The molecule has 0 saturated carbocycles. The van der Waals surface area contributed by atoms with Crippen molar-refractivity contribution in [3.05, 3.63) is 23.0 Å². The third-order valence-electron chi connectivity index (χ3n) is 2.10. The summed E-state index contributed by atoms with van der Waals surface area (Å²) in [4.78, 5) is 3.04. The first-order valence-electron chi connectivity index (χ1n) is 5.01. The predicted octanol–water partition coefficient (Wildman–Crippen LogP) is 2.52. The van der Waals surface area contributed by atoms with E-state index in [9.17, 15) is 26.3 Å². The predicted molar refractivity (Wildman–Crippen MR) is 53.1 cm³/mol. The molecular formula is C10H7F6N3O. The van der Waals surface area contributed by atoms with Gasteiger partial charge >= 0.3 is 12.5 Å². The van der Waals surface area contributed by atoms with E-state index in [0.29, 0.717) is 6.07 Å². The maximum absolute atomic E-state index is 12.7. The minimum atomic E-state index is -5.11. The van der Waals surface area contributed by atoms with Gasteiger partial charge in [-0.2, -0.15) is 18.4 Å². The number of aromatic nitrogens is 1. The van der Waals surface area contributed by atoms with Crippen molar-refractivity contribution in [3.8, 4) is 11.8 Å². The summed E-state index contributed by atoms with van der Waals surface area (Å²) >= 11 is 0. The molecule has 20 heavy (non-hydrogen) atoms. The molecule has 0 atom stereocenters. The van der Waals surface area contributed by atoms with Crippen LogP contribution >= 0.6 is 0 Å². The SMILES string of the molecule is N#CCc1nc(C(F)(F)F)c(CN)cc1OC(F)(F)F. The van der Waals surface area contributed by atoms with Crippen molar-refractivity contribution in [2.24, 2.45) is 5.73 Å². The highest BCUT2D eigenvalue weighted by Crippen LogP contribution is 2.35. The van der Waals surface area contributed by atoms with Crippen LogP contribution in [0.3, 0.4) is 0 Å². The number of halogens is 6. The highest BCUT2D eigenvalue weighted by molar-refractivity contribution is 5.38. The fourth-order valence-corrected chi connectivity index (χ4v) is 1.39. The van der Waals surface area contributed by atoms with Crippen molar-refractivity contribution >= 4 is 0 Å². The number of pyridine rings is 1. The molecule has 4 nitrogen and oxygen atoms in total. The van der Waals surface area contributed by atoms with Gasteiger partial charge in [-0.25, -0.2) is 4.98 Å². The van der Waals surface area contributed by atoms with E-state index in [4.69, 9.17) is 11.0 Å². The highest BCUT2D eigenvalue weighted by Gasteiger charge is 2.38. The maximum Gasteiger partial charge on any atom is 0.573 e. The average Bonchev–Trinajstić information content (AvgIpc) is 2.27. The molecule has 0 spiro atoms. The van der Waals surface area contributed by atoms with Gasteiger partial charge in [-0.3, -0.25) is 0 Å². The van der Waals surface area contributed by atoms with Gasteiger partial charge < -0.3 is 10.5 Å². The number of nitrogens with zero attached hydrogens (tertiary/aromatic N) is 2. The number of hydrogen-bond donors (Lipinski definition) is 1. The third kappa shape index (κ3) is 3.99. The molecule has 1 rings (SSSR count). The monoisotopic (exact) mass is 299 g/mol. The molecule has 2 N–H and O–H groups in total. The lowest BCUT2D eigenvalue weighted by Gasteiger charge is -2.16. The molecule has 0 aliphatic carbocycles. The van der Waals surface area contributed by atoms with Crippen LogP contribution in [0.25, 0.3) is 0 Å². The van der Waals surface area contributed by atoms with Gasteiger partial charge in [-0.15, -0.1) is 13.2 Å². The van der Waals surface area contributed by atoms with Crippen LogP contribution in [-0.2, 0) is 19.1 Å². The zero-order chi connectivity index (χ0) is 15.6. The molecule has 0 radical (unpaired) electrons. The molecule has 1 heterocycles. The number of alkyl halides is 6. The van der Waals surface area contributed by atoms with Crippen LogP contribution < -0.4 is 10.5 Å². The van der Waals surface area contributed by atoms with Crippen molar-refractivity contribution in [2.45, 2.75) is 25.5 Å². The Labute approximate surface area is 108 Å². The first kappa shape index (κ1) is 16.0. The second-order valence-electron chi connectivity index (χ2n) is 3.53. The molecule has 1 aromatic rings. The highest BCUT2D eigenvalue weighted by atomic mass is 19.4. The Bertz CT molecular complexity index is 532. The minimum absolute atomic E-state index is 0.496. The summed E-state index contributed by atoms with van der Waals surface area (Å²) < 4.78 is 78.0. The largest absolute Gasteiger partial charge is 0.573 e. The molecule has 0 aromatic carbocycles. The van der Waals surface area contributed by atoms with Gasteiger partial charge in [0.05, 0.1) is 18.2 Å². The van der Waals surface area contributed by atoms with E-state index in [1.54, 1.807) is 0 Å². The summed E-state index contributed by atoms with van der Waals surface area (Å²) in [5, 5.41) is 8.43. The van der Waals surface area contributed by atoms with Gasteiger partial charge in [-0.05, 0) is 6.07 Å². The summed E-state index contributed by atoms with van der Waals surface area (Å²) in [5.74, 6) is -0.965. The number of nitrogens with two attached hydrogens (primary N) is 1. The van der Waals surface area contributed by atoms with Gasteiger partial charge in [-0.1, -0.05) is 0 Å². The van der Waals surface area contributed by atoms with Crippen LogP contribution in [0.15, 0.2) is 6.07 Å². The fraction of sp³-hybridized carbons (Fsp3) is 0.400. The molecule has 0 saturated heterocycles. The summed E-state index contributed by atoms with van der Waals surface area (Å²) in [7, 11) is 0.